The molecule has 0 saturated carbocycles. The Hall–Kier alpha value is -2.83. The van der Waals surface area contributed by atoms with Crippen LogP contribution in [-0.2, 0) is 14.3 Å². The summed E-state index contributed by atoms with van der Waals surface area (Å²) in [6, 6.07) is 12.9. The number of nitrogens with zero attached hydrogens (tertiary/aromatic N) is 1. The first-order valence-corrected chi connectivity index (χ1v) is 10.5. The van der Waals surface area contributed by atoms with Crippen molar-refractivity contribution in [1.82, 2.24) is 4.90 Å². The molecule has 1 heterocycles. The molecule has 0 aliphatic carbocycles. The molecule has 0 radical (unpaired) electrons. The van der Waals surface area contributed by atoms with Gasteiger partial charge in [0, 0.05) is 23.7 Å². The van der Waals surface area contributed by atoms with Gasteiger partial charge in [-0.2, -0.15) is 0 Å². The minimum atomic E-state index is -0.732. The van der Waals surface area contributed by atoms with Crippen molar-refractivity contribution in [3.63, 3.8) is 0 Å². The fraction of sp³-hybridized carbons (Fsp3) is 0.333. The Bertz CT molecular complexity index is 984. The summed E-state index contributed by atoms with van der Waals surface area (Å²) >= 11 is 5.95. The fourth-order valence-electron chi connectivity index (χ4n) is 3.59. The Morgan fingerprint density at radius 1 is 1.16 bits per heavy atom. The van der Waals surface area contributed by atoms with Crippen LogP contribution < -0.4 is 4.74 Å². The number of likely N-dealkylation sites (tertiary alicyclic amines) is 1. The molecule has 31 heavy (non-hydrogen) atoms. The lowest BCUT2D eigenvalue weighted by Crippen LogP contribution is -2.31. The highest BCUT2D eigenvalue weighted by Gasteiger charge is 2.45. The van der Waals surface area contributed by atoms with Gasteiger partial charge in [0.25, 0.3) is 11.7 Å². The molecule has 164 valence electrons. The van der Waals surface area contributed by atoms with Crippen LogP contribution in [0.3, 0.4) is 0 Å². The van der Waals surface area contributed by atoms with E-state index in [-0.39, 0.29) is 17.4 Å². The van der Waals surface area contributed by atoms with Gasteiger partial charge in [0.15, 0.2) is 0 Å². The number of ether oxygens (including phenoxy) is 2. The first-order chi connectivity index (χ1) is 14.8. The normalized spacial score (nSPS) is 18.1. The number of halogens is 1. The maximum Gasteiger partial charge on any atom is 0.295 e. The van der Waals surface area contributed by atoms with Gasteiger partial charge < -0.3 is 19.5 Å². The van der Waals surface area contributed by atoms with Crippen LogP contribution in [0.5, 0.6) is 5.75 Å². The number of ketones is 1. The quantitative estimate of drug-likeness (QED) is 0.279. The third kappa shape index (κ3) is 5.09. The Balaban J connectivity index is 2.04. The highest BCUT2D eigenvalue weighted by molar-refractivity contribution is 6.46. The summed E-state index contributed by atoms with van der Waals surface area (Å²) in [5.41, 5.74) is 1.14. The van der Waals surface area contributed by atoms with E-state index in [0.29, 0.717) is 41.5 Å². The molecule has 0 spiro atoms. The van der Waals surface area contributed by atoms with Crippen molar-refractivity contribution in [2.75, 3.05) is 20.3 Å². The fourth-order valence-corrected chi connectivity index (χ4v) is 3.71. The molecule has 2 aromatic carbocycles. The number of benzene rings is 2. The van der Waals surface area contributed by atoms with Crippen LogP contribution in [-0.4, -0.2) is 48.1 Å². The van der Waals surface area contributed by atoms with Crippen molar-refractivity contribution in [2.24, 2.45) is 0 Å². The van der Waals surface area contributed by atoms with Crippen LogP contribution in [0.25, 0.3) is 5.76 Å². The predicted octanol–water partition coefficient (Wildman–Crippen LogP) is 4.59. The van der Waals surface area contributed by atoms with Crippen molar-refractivity contribution in [3.8, 4) is 5.75 Å². The van der Waals surface area contributed by atoms with Crippen molar-refractivity contribution in [2.45, 2.75) is 32.4 Å². The van der Waals surface area contributed by atoms with Gasteiger partial charge in [0.05, 0.1) is 24.8 Å². The molecule has 7 heteroatoms. The van der Waals surface area contributed by atoms with E-state index >= 15 is 0 Å². The van der Waals surface area contributed by atoms with E-state index in [4.69, 9.17) is 21.1 Å². The van der Waals surface area contributed by atoms with Crippen molar-refractivity contribution in [3.05, 3.63) is 70.3 Å². The van der Waals surface area contributed by atoms with Crippen molar-refractivity contribution < 1.29 is 24.2 Å². The second kappa shape index (κ2) is 9.98. The Kier molecular flexibility index (Phi) is 7.36. The van der Waals surface area contributed by atoms with E-state index in [1.54, 1.807) is 49.6 Å². The van der Waals surface area contributed by atoms with Crippen LogP contribution >= 0.6 is 11.6 Å². The maximum absolute atomic E-state index is 13.0. The number of methoxy groups -OCH3 is 1. The molecule has 2 aromatic rings. The molecule has 1 atom stereocenters. The molecule has 1 N–H and O–H groups in total. The van der Waals surface area contributed by atoms with Gasteiger partial charge in [-0.1, -0.05) is 23.7 Å². The third-order valence-electron chi connectivity index (χ3n) is 5.06. The molecule has 1 unspecified atom stereocenters. The monoisotopic (exact) mass is 443 g/mol. The second-order valence-electron chi connectivity index (χ2n) is 7.55. The number of hydrogen-bond donors (Lipinski definition) is 1. The third-order valence-corrected chi connectivity index (χ3v) is 5.31. The highest BCUT2D eigenvalue weighted by Crippen LogP contribution is 2.40. The molecule has 3 rings (SSSR count). The highest BCUT2D eigenvalue weighted by atomic mass is 35.5. The van der Waals surface area contributed by atoms with Gasteiger partial charge >= 0.3 is 0 Å². The zero-order valence-electron chi connectivity index (χ0n) is 17.8. The lowest BCUT2D eigenvalue weighted by molar-refractivity contribution is -0.140. The van der Waals surface area contributed by atoms with Crippen LogP contribution in [0.2, 0.25) is 5.02 Å². The Morgan fingerprint density at radius 2 is 1.87 bits per heavy atom. The molecule has 1 saturated heterocycles. The Morgan fingerprint density at radius 3 is 2.52 bits per heavy atom. The predicted molar refractivity (Wildman–Crippen MR) is 119 cm³/mol. The number of carbonyl (C=O) groups excluding carboxylic acids is 2. The molecule has 0 bridgehead atoms. The standard InChI is InChI=1S/C24H26ClNO5/c1-15(2)31-13-5-12-26-21(17-6-4-7-19(14-17)30-3)20(23(28)24(26)29)22(27)16-8-10-18(25)11-9-16/h4,6-11,14-15,21,27H,5,12-13H2,1-3H3/b22-20-. The van der Waals surface area contributed by atoms with Crippen LogP contribution in [0.15, 0.2) is 54.1 Å². The second-order valence-corrected chi connectivity index (χ2v) is 7.99. The number of carbonyl (C=O) groups is 2. The van der Waals surface area contributed by atoms with Crippen LogP contribution in [0.4, 0.5) is 0 Å². The zero-order chi connectivity index (χ0) is 22.5. The molecule has 1 fully saturated rings. The van der Waals surface area contributed by atoms with Gasteiger partial charge in [-0.3, -0.25) is 9.59 Å². The number of hydrogen-bond acceptors (Lipinski definition) is 5. The van der Waals surface area contributed by atoms with Gasteiger partial charge in [-0.15, -0.1) is 0 Å². The first kappa shape index (κ1) is 22.8. The summed E-state index contributed by atoms with van der Waals surface area (Å²) in [4.78, 5) is 27.4. The summed E-state index contributed by atoms with van der Waals surface area (Å²) in [7, 11) is 1.55. The Labute approximate surface area is 187 Å². The van der Waals surface area contributed by atoms with Gasteiger partial charge in [-0.25, -0.2) is 0 Å². The van der Waals surface area contributed by atoms with E-state index in [2.05, 4.69) is 0 Å². The van der Waals surface area contributed by atoms with Gasteiger partial charge in [-0.05, 0) is 62.2 Å². The number of aliphatic hydroxyl groups excluding tert-OH is 1. The van der Waals surface area contributed by atoms with Crippen LogP contribution in [0.1, 0.15) is 37.4 Å². The van der Waals surface area contributed by atoms with E-state index < -0.39 is 17.7 Å². The molecular formula is C24H26ClNO5. The minimum absolute atomic E-state index is 0.0466. The van der Waals surface area contributed by atoms with E-state index in [9.17, 15) is 14.7 Å². The van der Waals surface area contributed by atoms with Crippen molar-refractivity contribution in [1.29, 1.82) is 0 Å². The zero-order valence-corrected chi connectivity index (χ0v) is 18.6. The average molecular weight is 444 g/mol. The summed E-state index contributed by atoms with van der Waals surface area (Å²) in [6.07, 6.45) is 0.640. The number of Topliss-reactive ketones (excluding diaryl/α,β-unsaturated/α-hetero) is 1. The molecule has 1 amide bonds. The average Bonchev–Trinajstić information content (AvgIpc) is 3.01. The molecule has 6 nitrogen and oxygen atoms in total. The molecular weight excluding hydrogens is 418 g/mol. The minimum Gasteiger partial charge on any atom is -0.507 e. The largest absolute Gasteiger partial charge is 0.507 e. The first-order valence-electron chi connectivity index (χ1n) is 10.1. The summed E-state index contributed by atoms with van der Waals surface area (Å²) < 4.78 is 10.9. The number of aliphatic hydroxyl groups is 1. The molecule has 1 aliphatic rings. The number of rotatable bonds is 8. The van der Waals surface area contributed by atoms with E-state index in [0.717, 1.165) is 0 Å². The lowest BCUT2D eigenvalue weighted by Gasteiger charge is -2.25. The van der Waals surface area contributed by atoms with Crippen LogP contribution in [0, 0.1) is 0 Å². The van der Waals surface area contributed by atoms with E-state index in [1.165, 1.54) is 4.90 Å². The van der Waals surface area contributed by atoms with E-state index in [1.807, 2.05) is 19.9 Å². The van der Waals surface area contributed by atoms with Gasteiger partial charge in [0.2, 0.25) is 0 Å². The maximum atomic E-state index is 13.0. The molecule has 1 aliphatic heterocycles. The summed E-state index contributed by atoms with van der Waals surface area (Å²) in [6.45, 7) is 4.66. The van der Waals surface area contributed by atoms with Crippen molar-refractivity contribution >= 4 is 29.1 Å². The summed E-state index contributed by atoms with van der Waals surface area (Å²) in [5.74, 6) is -1.00. The van der Waals surface area contributed by atoms with Gasteiger partial charge in [0.1, 0.15) is 11.5 Å². The SMILES string of the molecule is COc1cccc(C2/C(=C(/O)c3ccc(Cl)cc3)C(=O)C(=O)N2CCCOC(C)C)c1. The number of amides is 1. The molecule has 0 aromatic heterocycles. The topological polar surface area (TPSA) is 76.1 Å². The summed E-state index contributed by atoms with van der Waals surface area (Å²) in [5, 5.41) is 11.5. The smallest absolute Gasteiger partial charge is 0.295 e. The lowest BCUT2D eigenvalue weighted by atomic mass is 9.95.